The Labute approximate surface area is 114 Å². The largest absolute Gasteiger partial charge is 0.340 e. The molecule has 0 spiro atoms. The van der Waals surface area contributed by atoms with Gasteiger partial charge in [-0.05, 0) is 28.9 Å². The fraction of sp³-hybridized carbons (Fsp3) is 0.364. The Morgan fingerprint density at radius 2 is 2.44 bits per heavy atom. The molecule has 0 aliphatic carbocycles. The number of nitrogen functional groups attached to an aromatic ring is 1. The lowest BCUT2D eigenvalue weighted by Gasteiger charge is -2.19. The first-order valence-corrected chi connectivity index (χ1v) is 6.06. The maximum absolute atomic E-state index is 12.2. The molecule has 96 valence electrons. The number of aromatic nitrogens is 1. The minimum absolute atomic E-state index is 0.228. The molecule has 3 N–H and O–H groups in total. The van der Waals surface area contributed by atoms with Crippen LogP contribution < -0.4 is 11.3 Å². The molecule has 1 heterocycles. The summed E-state index contributed by atoms with van der Waals surface area (Å²) in [4.78, 5) is 17.7. The highest BCUT2D eigenvalue weighted by Crippen LogP contribution is 2.19. The topological polar surface area (TPSA) is 95.0 Å². The molecule has 6 nitrogen and oxygen atoms in total. The number of nitriles is 1. The molecule has 0 aliphatic rings. The second-order valence-electron chi connectivity index (χ2n) is 3.91. The van der Waals surface area contributed by atoms with Crippen molar-refractivity contribution in [2.75, 3.05) is 19.0 Å². The molecule has 1 atom stereocenters. The van der Waals surface area contributed by atoms with Gasteiger partial charge >= 0.3 is 0 Å². The van der Waals surface area contributed by atoms with Crippen LogP contribution in [0.15, 0.2) is 16.7 Å². The Bertz CT molecular complexity index is 485. The molecule has 1 rings (SSSR count). The van der Waals surface area contributed by atoms with Crippen LogP contribution >= 0.6 is 15.9 Å². The van der Waals surface area contributed by atoms with Gasteiger partial charge in [-0.25, -0.2) is 10.8 Å². The van der Waals surface area contributed by atoms with E-state index >= 15 is 0 Å². The van der Waals surface area contributed by atoms with Gasteiger partial charge in [-0.2, -0.15) is 5.26 Å². The van der Waals surface area contributed by atoms with Gasteiger partial charge in [-0.15, -0.1) is 0 Å². The highest BCUT2D eigenvalue weighted by atomic mass is 79.9. The number of rotatable bonds is 4. The predicted octanol–water partition coefficient (Wildman–Crippen LogP) is 1.36. The summed E-state index contributed by atoms with van der Waals surface area (Å²) in [5.41, 5.74) is 2.74. The van der Waals surface area contributed by atoms with Gasteiger partial charge in [-0.1, -0.05) is 0 Å². The average molecular weight is 312 g/mol. The number of carbonyl (C=O) groups is 1. The molecule has 0 radical (unpaired) electrons. The quantitative estimate of drug-likeness (QED) is 0.646. The fourth-order valence-electron chi connectivity index (χ4n) is 1.46. The van der Waals surface area contributed by atoms with Gasteiger partial charge in [0.25, 0.3) is 5.91 Å². The lowest BCUT2D eigenvalue weighted by molar-refractivity contribution is 0.0785. The molecule has 1 aromatic rings. The standard InChI is InChI=1S/C11H14BrN5O/c1-7(4-13)6-17(2)11(18)9-3-8(12)5-15-10(9)16-14/h3,5,7H,6,14H2,1-2H3,(H,15,16). The molecule has 7 heteroatoms. The highest BCUT2D eigenvalue weighted by molar-refractivity contribution is 9.10. The summed E-state index contributed by atoms with van der Waals surface area (Å²) in [5.74, 6) is 5.15. The SMILES string of the molecule is CC(C#N)CN(C)C(=O)c1cc(Br)cnc1NN. The first-order chi connectivity index (χ1) is 8.49. The van der Waals surface area contributed by atoms with Crippen molar-refractivity contribution in [3.8, 4) is 6.07 Å². The van der Waals surface area contributed by atoms with E-state index in [2.05, 4.69) is 32.4 Å². The zero-order valence-corrected chi connectivity index (χ0v) is 11.7. The molecule has 1 amide bonds. The van der Waals surface area contributed by atoms with Crippen molar-refractivity contribution in [2.45, 2.75) is 6.92 Å². The zero-order valence-electron chi connectivity index (χ0n) is 10.1. The van der Waals surface area contributed by atoms with Crippen molar-refractivity contribution < 1.29 is 4.79 Å². The van der Waals surface area contributed by atoms with Crippen LogP contribution in [0.4, 0.5) is 5.82 Å². The van der Waals surface area contributed by atoms with Gasteiger partial charge in [-0.3, -0.25) is 4.79 Å². The van der Waals surface area contributed by atoms with E-state index < -0.39 is 0 Å². The summed E-state index contributed by atoms with van der Waals surface area (Å²) < 4.78 is 0.687. The first kappa shape index (κ1) is 14.4. The van der Waals surface area contributed by atoms with E-state index in [0.29, 0.717) is 22.4 Å². The molecule has 1 unspecified atom stereocenters. The van der Waals surface area contributed by atoms with Gasteiger partial charge in [0.15, 0.2) is 5.82 Å². The van der Waals surface area contributed by atoms with E-state index in [9.17, 15) is 4.79 Å². The monoisotopic (exact) mass is 311 g/mol. The van der Waals surface area contributed by atoms with Crippen LogP contribution in [0.3, 0.4) is 0 Å². The van der Waals surface area contributed by atoms with Crippen molar-refractivity contribution in [3.63, 3.8) is 0 Å². The molecule has 0 aliphatic heterocycles. The third-order valence-electron chi connectivity index (χ3n) is 2.34. The zero-order chi connectivity index (χ0) is 13.7. The van der Waals surface area contributed by atoms with Gasteiger partial charge in [0.1, 0.15) is 0 Å². The third kappa shape index (κ3) is 3.42. The maximum Gasteiger partial charge on any atom is 0.257 e. The second kappa shape index (κ2) is 6.33. The fourth-order valence-corrected chi connectivity index (χ4v) is 1.79. The number of amides is 1. The summed E-state index contributed by atoms with van der Waals surface area (Å²) in [6, 6.07) is 3.72. The molecule has 0 saturated heterocycles. The van der Waals surface area contributed by atoms with Crippen LogP contribution in [0.2, 0.25) is 0 Å². The number of nitrogens with two attached hydrogens (primary N) is 1. The lowest BCUT2D eigenvalue weighted by atomic mass is 10.1. The van der Waals surface area contributed by atoms with E-state index in [0.717, 1.165) is 0 Å². The Kier molecular flexibility index (Phi) is 5.07. The average Bonchev–Trinajstić information content (AvgIpc) is 2.37. The van der Waals surface area contributed by atoms with Gasteiger partial charge in [0.05, 0.1) is 17.6 Å². The number of hydrazine groups is 1. The van der Waals surface area contributed by atoms with E-state index in [1.165, 1.54) is 4.90 Å². The van der Waals surface area contributed by atoms with Crippen molar-refractivity contribution in [1.82, 2.24) is 9.88 Å². The molecule has 1 aromatic heterocycles. The summed E-state index contributed by atoms with van der Waals surface area (Å²) in [5, 5.41) is 8.74. The smallest absolute Gasteiger partial charge is 0.257 e. The van der Waals surface area contributed by atoms with Gasteiger partial charge < -0.3 is 10.3 Å². The van der Waals surface area contributed by atoms with Crippen LogP contribution in [0.1, 0.15) is 17.3 Å². The maximum atomic E-state index is 12.2. The molecule has 0 saturated carbocycles. The van der Waals surface area contributed by atoms with E-state index in [1.807, 2.05) is 0 Å². The van der Waals surface area contributed by atoms with E-state index in [1.54, 1.807) is 26.2 Å². The van der Waals surface area contributed by atoms with Crippen molar-refractivity contribution >= 4 is 27.7 Å². The highest BCUT2D eigenvalue weighted by Gasteiger charge is 2.18. The number of hydrogen-bond donors (Lipinski definition) is 2. The minimum Gasteiger partial charge on any atom is -0.340 e. The van der Waals surface area contributed by atoms with Crippen LogP contribution in [-0.4, -0.2) is 29.4 Å². The third-order valence-corrected chi connectivity index (χ3v) is 2.77. The predicted molar refractivity (Wildman–Crippen MR) is 71.5 cm³/mol. The summed E-state index contributed by atoms with van der Waals surface area (Å²) in [6.45, 7) is 2.11. The van der Waals surface area contributed by atoms with Crippen molar-refractivity contribution in [2.24, 2.45) is 11.8 Å². The second-order valence-corrected chi connectivity index (χ2v) is 4.83. The Morgan fingerprint density at radius 1 is 1.78 bits per heavy atom. The molecule has 0 aromatic carbocycles. The molecule has 18 heavy (non-hydrogen) atoms. The van der Waals surface area contributed by atoms with Crippen LogP contribution in [0, 0.1) is 17.2 Å². The molecule has 0 bridgehead atoms. The molecular weight excluding hydrogens is 298 g/mol. The number of anilines is 1. The van der Waals surface area contributed by atoms with Gasteiger partial charge in [0.2, 0.25) is 0 Å². The number of hydrogen-bond acceptors (Lipinski definition) is 5. The van der Waals surface area contributed by atoms with Crippen LogP contribution in [0.25, 0.3) is 0 Å². The van der Waals surface area contributed by atoms with Crippen LogP contribution in [0.5, 0.6) is 0 Å². The minimum atomic E-state index is -0.237. The van der Waals surface area contributed by atoms with Crippen LogP contribution in [-0.2, 0) is 0 Å². The first-order valence-electron chi connectivity index (χ1n) is 5.26. The Balaban J connectivity index is 2.96. The number of carbonyl (C=O) groups excluding carboxylic acids is 1. The normalized spacial score (nSPS) is 11.5. The summed E-state index contributed by atoms with van der Waals surface area (Å²) >= 11 is 3.25. The van der Waals surface area contributed by atoms with E-state index in [-0.39, 0.29) is 11.8 Å². The Hall–Kier alpha value is -1.65. The van der Waals surface area contributed by atoms with Crippen molar-refractivity contribution in [3.05, 3.63) is 22.3 Å². The lowest BCUT2D eigenvalue weighted by Crippen LogP contribution is -2.31. The molecular formula is C11H14BrN5O. The molecule has 0 fully saturated rings. The number of nitrogens with zero attached hydrogens (tertiary/aromatic N) is 3. The van der Waals surface area contributed by atoms with E-state index in [4.69, 9.17) is 11.1 Å². The van der Waals surface area contributed by atoms with Gasteiger partial charge in [0, 0.05) is 24.3 Å². The van der Waals surface area contributed by atoms with Crippen molar-refractivity contribution in [1.29, 1.82) is 5.26 Å². The summed E-state index contributed by atoms with van der Waals surface area (Å²) in [7, 11) is 1.64. The number of halogens is 1. The summed E-state index contributed by atoms with van der Waals surface area (Å²) in [6.07, 6.45) is 1.55. The number of nitrogens with one attached hydrogen (secondary N) is 1. The number of pyridine rings is 1. The Morgan fingerprint density at radius 3 is 3.00 bits per heavy atom.